The normalized spacial score (nSPS) is 15.4. The third-order valence-corrected chi connectivity index (χ3v) is 5.63. The van der Waals surface area contributed by atoms with Gasteiger partial charge in [-0.05, 0) is 64.9 Å². The number of carbonyl (C=O) groups is 1. The SMILES string of the molecule is O=C(NCc1cccc(-c2ccc(F)c(Cl)c2)c1)Nc1cccc2c1CC(O)CC2. The van der Waals surface area contributed by atoms with Crippen molar-refractivity contribution in [1.82, 2.24) is 5.32 Å². The predicted octanol–water partition coefficient (Wildman–Crippen LogP) is 5.32. The van der Waals surface area contributed by atoms with Crippen molar-refractivity contribution in [1.29, 1.82) is 0 Å². The Labute approximate surface area is 179 Å². The number of halogens is 2. The fraction of sp³-hybridized carbons (Fsp3) is 0.208. The Morgan fingerprint density at radius 3 is 2.73 bits per heavy atom. The van der Waals surface area contributed by atoms with Crippen LogP contribution in [0.25, 0.3) is 11.1 Å². The number of aryl methyl sites for hydroxylation is 1. The topological polar surface area (TPSA) is 61.4 Å². The molecule has 2 amide bonds. The summed E-state index contributed by atoms with van der Waals surface area (Å²) in [6.07, 6.45) is 1.74. The average Bonchev–Trinajstić information content (AvgIpc) is 2.75. The summed E-state index contributed by atoms with van der Waals surface area (Å²) in [6.45, 7) is 0.340. The predicted molar refractivity (Wildman–Crippen MR) is 117 cm³/mol. The van der Waals surface area contributed by atoms with Crippen LogP contribution >= 0.6 is 11.6 Å². The van der Waals surface area contributed by atoms with Gasteiger partial charge in [-0.15, -0.1) is 0 Å². The van der Waals surface area contributed by atoms with Gasteiger partial charge in [0.15, 0.2) is 0 Å². The first-order valence-corrected chi connectivity index (χ1v) is 10.3. The van der Waals surface area contributed by atoms with E-state index in [-0.39, 0.29) is 17.2 Å². The molecule has 3 aromatic rings. The van der Waals surface area contributed by atoms with Crippen LogP contribution in [0.1, 0.15) is 23.1 Å². The van der Waals surface area contributed by atoms with E-state index in [1.165, 1.54) is 11.6 Å². The van der Waals surface area contributed by atoms with Crippen molar-refractivity contribution in [3.63, 3.8) is 0 Å². The quantitative estimate of drug-likeness (QED) is 0.531. The zero-order chi connectivity index (χ0) is 21.1. The van der Waals surface area contributed by atoms with Crippen molar-refractivity contribution in [2.75, 3.05) is 5.32 Å². The van der Waals surface area contributed by atoms with E-state index in [2.05, 4.69) is 10.6 Å². The molecule has 3 N–H and O–H groups in total. The monoisotopic (exact) mass is 424 g/mol. The Kier molecular flexibility index (Phi) is 6.02. The Morgan fingerprint density at radius 1 is 1.10 bits per heavy atom. The Balaban J connectivity index is 1.42. The molecular formula is C24H22ClFN2O2. The molecule has 0 fully saturated rings. The first-order chi connectivity index (χ1) is 14.5. The molecule has 0 spiro atoms. The summed E-state index contributed by atoms with van der Waals surface area (Å²) in [6, 6.07) is 17.8. The number of fused-ring (bicyclic) bond motifs is 1. The maximum atomic E-state index is 13.4. The number of rotatable bonds is 4. The Hall–Kier alpha value is -2.89. The van der Waals surface area contributed by atoms with Crippen LogP contribution in [0, 0.1) is 5.82 Å². The molecule has 30 heavy (non-hydrogen) atoms. The van der Waals surface area contributed by atoms with Crippen LogP contribution in [0.4, 0.5) is 14.9 Å². The fourth-order valence-corrected chi connectivity index (χ4v) is 3.95. The van der Waals surface area contributed by atoms with Crippen LogP contribution in [0.2, 0.25) is 5.02 Å². The lowest BCUT2D eigenvalue weighted by Gasteiger charge is -2.23. The van der Waals surface area contributed by atoms with Gasteiger partial charge in [-0.3, -0.25) is 0 Å². The standard InChI is InChI=1S/C24H22ClFN2O2/c25-21-12-18(8-10-22(21)26)17-5-1-3-15(11-17)14-27-24(30)28-23-6-2-4-16-7-9-19(29)13-20(16)23/h1-6,8,10-12,19,29H,7,9,13-14H2,(H2,27,28,30). The summed E-state index contributed by atoms with van der Waals surface area (Å²) in [5.74, 6) is -0.453. The number of amides is 2. The minimum atomic E-state index is -0.453. The molecular weight excluding hydrogens is 403 g/mol. The minimum Gasteiger partial charge on any atom is -0.393 e. The summed E-state index contributed by atoms with van der Waals surface area (Å²) in [5.41, 5.74) is 5.52. The molecule has 1 aliphatic carbocycles. The van der Waals surface area contributed by atoms with Gasteiger partial charge >= 0.3 is 6.03 Å². The van der Waals surface area contributed by atoms with Gasteiger partial charge < -0.3 is 15.7 Å². The van der Waals surface area contributed by atoms with Crippen LogP contribution in [-0.2, 0) is 19.4 Å². The maximum absolute atomic E-state index is 13.4. The number of hydrogen-bond acceptors (Lipinski definition) is 2. The first kappa shape index (κ1) is 20.4. The molecule has 1 unspecified atom stereocenters. The molecule has 0 bridgehead atoms. The molecule has 1 aliphatic rings. The van der Waals surface area contributed by atoms with Crippen molar-refractivity contribution in [3.05, 3.63) is 88.2 Å². The number of aliphatic hydroxyl groups is 1. The van der Waals surface area contributed by atoms with Gasteiger partial charge in [0.05, 0.1) is 11.1 Å². The van der Waals surface area contributed by atoms with E-state index in [9.17, 15) is 14.3 Å². The summed E-state index contributed by atoms with van der Waals surface area (Å²) < 4.78 is 13.4. The molecule has 0 heterocycles. The number of benzene rings is 3. The van der Waals surface area contributed by atoms with Gasteiger partial charge in [-0.1, -0.05) is 48.0 Å². The maximum Gasteiger partial charge on any atom is 0.319 e. The van der Waals surface area contributed by atoms with E-state index in [0.29, 0.717) is 13.0 Å². The first-order valence-electron chi connectivity index (χ1n) is 9.87. The number of aliphatic hydroxyl groups excluding tert-OH is 1. The van der Waals surface area contributed by atoms with Crippen molar-refractivity contribution < 1.29 is 14.3 Å². The van der Waals surface area contributed by atoms with Crippen LogP contribution in [-0.4, -0.2) is 17.2 Å². The number of anilines is 1. The van der Waals surface area contributed by atoms with Gasteiger partial charge in [0.1, 0.15) is 5.82 Å². The summed E-state index contributed by atoms with van der Waals surface area (Å²) in [4.78, 5) is 12.4. The summed E-state index contributed by atoms with van der Waals surface area (Å²) >= 11 is 5.89. The molecule has 4 nitrogen and oxygen atoms in total. The van der Waals surface area contributed by atoms with E-state index in [4.69, 9.17) is 11.6 Å². The number of carbonyl (C=O) groups excluding carboxylic acids is 1. The minimum absolute atomic E-state index is 0.0757. The van der Waals surface area contributed by atoms with E-state index < -0.39 is 5.82 Å². The Bertz CT molecular complexity index is 1090. The van der Waals surface area contributed by atoms with E-state index in [1.54, 1.807) is 12.1 Å². The van der Waals surface area contributed by atoms with Crippen LogP contribution in [0.5, 0.6) is 0 Å². The van der Waals surface area contributed by atoms with Crippen molar-refractivity contribution >= 4 is 23.3 Å². The van der Waals surface area contributed by atoms with Gasteiger partial charge in [0.2, 0.25) is 0 Å². The molecule has 4 rings (SSSR count). The highest BCUT2D eigenvalue weighted by atomic mass is 35.5. The molecule has 0 saturated heterocycles. The van der Waals surface area contributed by atoms with Gasteiger partial charge in [0, 0.05) is 18.7 Å². The van der Waals surface area contributed by atoms with E-state index in [0.717, 1.165) is 40.8 Å². The second kappa shape index (κ2) is 8.86. The van der Waals surface area contributed by atoms with E-state index in [1.807, 2.05) is 42.5 Å². The molecule has 0 aliphatic heterocycles. The molecule has 154 valence electrons. The second-order valence-electron chi connectivity index (χ2n) is 7.48. The summed E-state index contributed by atoms with van der Waals surface area (Å²) in [5, 5.41) is 15.8. The van der Waals surface area contributed by atoms with Crippen molar-refractivity contribution in [3.8, 4) is 11.1 Å². The molecule has 0 aromatic heterocycles. The number of nitrogens with one attached hydrogen (secondary N) is 2. The second-order valence-corrected chi connectivity index (χ2v) is 7.88. The lowest BCUT2D eigenvalue weighted by atomic mass is 9.88. The highest BCUT2D eigenvalue weighted by molar-refractivity contribution is 6.31. The Morgan fingerprint density at radius 2 is 1.90 bits per heavy atom. The third-order valence-electron chi connectivity index (χ3n) is 5.34. The van der Waals surface area contributed by atoms with Crippen LogP contribution < -0.4 is 10.6 Å². The molecule has 0 saturated carbocycles. The van der Waals surface area contributed by atoms with Crippen molar-refractivity contribution in [2.24, 2.45) is 0 Å². The molecule has 6 heteroatoms. The lowest BCUT2D eigenvalue weighted by Crippen LogP contribution is -2.29. The molecule has 1 atom stereocenters. The van der Waals surface area contributed by atoms with Crippen molar-refractivity contribution in [2.45, 2.75) is 31.9 Å². The summed E-state index contributed by atoms with van der Waals surface area (Å²) in [7, 11) is 0. The highest BCUT2D eigenvalue weighted by Crippen LogP contribution is 2.28. The lowest BCUT2D eigenvalue weighted by molar-refractivity contribution is 0.159. The van der Waals surface area contributed by atoms with Gasteiger partial charge in [-0.2, -0.15) is 0 Å². The third kappa shape index (κ3) is 4.64. The highest BCUT2D eigenvalue weighted by Gasteiger charge is 2.19. The van der Waals surface area contributed by atoms with Crippen LogP contribution in [0.15, 0.2) is 60.7 Å². The smallest absolute Gasteiger partial charge is 0.319 e. The van der Waals surface area contributed by atoms with E-state index >= 15 is 0 Å². The zero-order valence-corrected chi connectivity index (χ0v) is 17.0. The fourth-order valence-electron chi connectivity index (χ4n) is 3.77. The van der Waals surface area contributed by atoms with Gasteiger partial charge in [-0.25, -0.2) is 9.18 Å². The number of urea groups is 1. The number of hydrogen-bond donors (Lipinski definition) is 3. The van der Waals surface area contributed by atoms with Crippen LogP contribution in [0.3, 0.4) is 0 Å². The molecule has 0 radical (unpaired) electrons. The van der Waals surface area contributed by atoms with Gasteiger partial charge in [0.25, 0.3) is 0 Å². The molecule has 3 aromatic carbocycles. The largest absolute Gasteiger partial charge is 0.393 e. The zero-order valence-electron chi connectivity index (χ0n) is 16.3. The average molecular weight is 425 g/mol.